The van der Waals surface area contributed by atoms with E-state index in [1.807, 2.05) is 35.2 Å². The average molecular weight is 248 g/mol. The molecule has 1 fully saturated rings. The summed E-state index contributed by atoms with van der Waals surface area (Å²) in [5.74, 6) is 0.513. The van der Waals surface area contributed by atoms with E-state index in [2.05, 4.69) is 12.2 Å². The van der Waals surface area contributed by atoms with Crippen molar-refractivity contribution in [2.75, 3.05) is 26.9 Å². The van der Waals surface area contributed by atoms with E-state index in [1.165, 1.54) is 0 Å². The van der Waals surface area contributed by atoms with Gasteiger partial charge in [-0.3, -0.25) is 10.1 Å². The van der Waals surface area contributed by atoms with Gasteiger partial charge in [0.25, 0.3) is 0 Å². The number of ether oxygens (including phenoxy) is 1. The second-order valence-corrected chi connectivity index (χ2v) is 4.83. The molecule has 0 radical (unpaired) electrons. The molecule has 4 heteroatoms. The van der Waals surface area contributed by atoms with Crippen LogP contribution in [0.5, 0.6) is 0 Å². The number of rotatable bonds is 5. The van der Waals surface area contributed by atoms with Crippen LogP contribution in [-0.4, -0.2) is 37.7 Å². The van der Waals surface area contributed by atoms with Gasteiger partial charge in [0.15, 0.2) is 0 Å². The molecule has 2 rings (SSSR count). The Balaban J connectivity index is 1.97. The number of carbonyl (C=O) groups is 1. The number of hydrogen-bond donors (Lipinski definition) is 1. The van der Waals surface area contributed by atoms with Crippen LogP contribution in [0.15, 0.2) is 30.3 Å². The second-order valence-electron chi connectivity index (χ2n) is 4.83. The van der Waals surface area contributed by atoms with Crippen molar-refractivity contribution in [3.63, 3.8) is 0 Å². The maximum atomic E-state index is 12.3. The van der Waals surface area contributed by atoms with E-state index >= 15 is 0 Å². The molecule has 1 amide bonds. The molecule has 1 aliphatic heterocycles. The number of hydrogen-bond acceptors (Lipinski definition) is 3. The molecule has 4 nitrogen and oxygen atoms in total. The topological polar surface area (TPSA) is 41.6 Å². The van der Waals surface area contributed by atoms with Gasteiger partial charge in [-0.1, -0.05) is 37.3 Å². The number of carbonyl (C=O) groups excluding carboxylic acids is 1. The molecule has 1 N–H and O–H groups in total. The van der Waals surface area contributed by atoms with Gasteiger partial charge in [-0.15, -0.1) is 0 Å². The van der Waals surface area contributed by atoms with Gasteiger partial charge in [-0.05, 0) is 11.5 Å². The molecule has 2 atom stereocenters. The fourth-order valence-electron chi connectivity index (χ4n) is 2.32. The predicted molar refractivity (Wildman–Crippen MR) is 69.9 cm³/mol. The lowest BCUT2D eigenvalue weighted by atomic mass is 10.1. The molecule has 0 aliphatic carbocycles. The molecule has 1 saturated heterocycles. The van der Waals surface area contributed by atoms with E-state index in [0.717, 1.165) is 12.1 Å². The first-order valence-corrected chi connectivity index (χ1v) is 6.28. The first-order chi connectivity index (χ1) is 8.72. The van der Waals surface area contributed by atoms with Gasteiger partial charge in [0.05, 0.1) is 13.3 Å². The van der Waals surface area contributed by atoms with Gasteiger partial charge >= 0.3 is 0 Å². The molecular formula is C14H20N2O2. The van der Waals surface area contributed by atoms with Crippen LogP contribution in [0.2, 0.25) is 0 Å². The molecule has 18 heavy (non-hydrogen) atoms. The maximum Gasteiger partial charge on any atom is 0.245 e. The molecular weight excluding hydrogens is 228 g/mol. The largest absolute Gasteiger partial charge is 0.384 e. The minimum Gasteiger partial charge on any atom is -0.384 e. The van der Waals surface area contributed by atoms with Crippen LogP contribution in [-0.2, 0) is 9.53 Å². The van der Waals surface area contributed by atoms with Crippen molar-refractivity contribution < 1.29 is 9.53 Å². The zero-order chi connectivity index (χ0) is 13.0. The van der Waals surface area contributed by atoms with Gasteiger partial charge < -0.3 is 9.64 Å². The number of methoxy groups -OCH3 is 1. The highest BCUT2D eigenvalue weighted by Crippen LogP contribution is 2.20. The van der Waals surface area contributed by atoms with E-state index in [9.17, 15) is 4.79 Å². The highest BCUT2D eigenvalue weighted by atomic mass is 16.5. The summed E-state index contributed by atoms with van der Waals surface area (Å²) >= 11 is 0. The number of nitrogens with one attached hydrogen (secondary N) is 1. The lowest BCUT2D eigenvalue weighted by Gasteiger charge is -2.19. The zero-order valence-electron chi connectivity index (χ0n) is 10.9. The van der Waals surface area contributed by atoms with Crippen LogP contribution in [0, 0.1) is 5.92 Å². The molecule has 1 aliphatic rings. The molecule has 0 spiro atoms. The van der Waals surface area contributed by atoms with E-state index < -0.39 is 0 Å². The van der Waals surface area contributed by atoms with Gasteiger partial charge in [0.2, 0.25) is 5.91 Å². The van der Waals surface area contributed by atoms with Crippen LogP contribution < -0.4 is 5.32 Å². The Morgan fingerprint density at radius 2 is 2.17 bits per heavy atom. The standard InChI is InChI=1S/C14H20N2O2/c1-11(9-18-2)8-16-10-15-13(14(16)17)12-6-4-3-5-7-12/h3-7,11,13,15H,8-10H2,1-2H3. The highest BCUT2D eigenvalue weighted by molar-refractivity contribution is 5.85. The highest BCUT2D eigenvalue weighted by Gasteiger charge is 2.32. The van der Waals surface area contributed by atoms with Gasteiger partial charge in [0.1, 0.15) is 6.04 Å². The number of nitrogens with zero attached hydrogens (tertiary/aromatic N) is 1. The Morgan fingerprint density at radius 1 is 1.44 bits per heavy atom. The predicted octanol–water partition coefficient (Wildman–Crippen LogP) is 1.40. The van der Waals surface area contributed by atoms with Crippen molar-refractivity contribution in [1.82, 2.24) is 10.2 Å². The summed E-state index contributed by atoms with van der Waals surface area (Å²) in [6.45, 7) is 4.13. The summed E-state index contributed by atoms with van der Waals surface area (Å²) in [5.41, 5.74) is 1.03. The molecule has 0 saturated carbocycles. The Hall–Kier alpha value is -1.39. The molecule has 1 heterocycles. The third-order valence-electron chi connectivity index (χ3n) is 3.16. The van der Waals surface area contributed by atoms with Crippen molar-refractivity contribution in [3.8, 4) is 0 Å². The van der Waals surface area contributed by atoms with Crippen LogP contribution in [0.25, 0.3) is 0 Å². The Morgan fingerprint density at radius 3 is 2.83 bits per heavy atom. The molecule has 98 valence electrons. The van der Waals surface area contributed by atoms with Crippen molar-refractivity contribution in [2.24, 2.45) is 5.92 Å². The number of amides is 1. The quantitative estimate of drug-likeness (QED) is 0.856. The minimum atomic E-state index is -0.194. The summed E-state index contributed by atoms with van der Waals surface area (Å²) < 4.78 is 5.10. The van der Waals surface area contributed by atoms with Gasteiger partial charge in [-0.25, -0.2) is 0 Å². The fourth-order valence-corrected chi connectivity index (χ4v) is 2.32. The summed E-state index contributed by atoms with van der Waals surface area (Å²) in [5, 5.41) is 3.26. The second kappa shape index (κ2) is 5.98. The summed E-state index contributed by atoms with van der Waals surface area (Å²) in [6, 6.07) is 9.65. The Labute approximate surface area is 108 Å². The van der Waals surface area contributed by atoms with Crippen LogP contribution in [0.3, 0.4) is 0 Å². The minimum absolute atomic E-state index is 0.157. The first kappa shape index (κ1) is 13.1. The molecule has 0 aromatic heterocycles. The monoisotopic (exact) mass is 248 g/mol. The number of benzene rings is 1. The molecule has 1 aromatic rings. The maximum absolute atomic E-state index is 12.3. The lowest BCUT2D eigenvalue weighted by Crippen LogP contribution is -2.32. The average Bonchev–Trinajstić information content (AvgIpc) is 2.72. The van der Waals surface area contributed by atoms with E-state index in [1.54, 1.807) is 7.11 Å². The van der Waals surface area contributed by atoms with Crippen molar-refractivity contribution in [3.05, 3.63) is 35.9 Å². The third-order valence-corrected chi connectivity index (χ3v) is 3.16. The molecule has 2 unspecified atom stereocenters. The fraction of sp³-hybridized carbons (Fsp3) is 0.500. The lowest BCUT2D eigenvalue weighted by molar-refractivity contribution is -0.129. The van der Waals surface area contributed by atoms with Crippen LogP contribution in [0.1, 0.15) is 18.5 Å². The normalized spacial score (nSPS) is 21.3. The van der Waals surface area contributed by atoms with E-state index in [0.29, 0.717) is 19.2 Å². The summed E-state index contributed by atoms with van der Waals surface area (Å²) in [4.78, 5) is 14.1. The molecule has 1 aromatic carbocycles. The summed E-state index contributed by atoms with van der Waals surface area (Å²) in [6.07, 6.45) is 0. The smallest absolute Gasteiger partial charge is 0.245 e. The zero-order valence-corrected chi connectivity index (χ0v) is 10.9. The van der Waals surface area contributed by atoms with Crippen LogP contribution >= 0.6 is 0 Å². The van der Waals surface area contributed by atoms with Gasteiger partial charge in [0, 0.05) is 13.7 Å². The van der Waals surface area contributed by atoms with Gasteiger partial charge in [-0.2, -0.15) is 0 Å². The Bertz CT molecular complexity index is 394. The Kier molecular flexibility index (Phi) is 4.33. The van der Waals surface area contributed by atoms with E-state index in [-0.39, 0.29) is 11.9 Å². The first-order valence-electron chi connectivity index (χ1n) is 6.28. The van der Waals surface area contributed by atoms with Crippen LogP contribution in [0.4, 0.5) is 0 Å². The van der Waals surface area contributed by atoms with Crippen molar-refractivity contribution in [1.29, 1.82) is 0 Å². The third kappa shape index (κ3) is 2.89. The molecule has 0 bridgehead atoms. The van der Waals surface area contributed by atoms with Crippen molar-refractivity contribution in [2.45, 2.75) is 13.0 Å². The van der Waals surface area contributed by atoms with Crippen molar-refractivity contribution >= 4 is 5.91 Å². The van der Waals surface area contributed by atoms with E-state index in [4.69, 9.17) is 4.74 Å². The SMILES string of the molecule is COCC(C)CN1CNC(c2ccccc2)C1=O. The summed E-state index contributed by atoms with van der Waals surface area (Å²) in [7, 11) is 1.69.